The Kier molecular flexibility index (Phi) is 7.40. The number of hydrogen-bond acceptors (Lipinski definition) is 5. The van der Waals surface area contributed by atoms with E-state index in [-0.39, 0.29) is 5.91 Å². The van der Waals surface area contributed by atoms with Gasteiger partial charge in [-0.3, -0.25) is 4.79 Å². The summed E-state index contributed by atoms with van der Waals surface area (Å²) in [4.78, 5) is 19.9. The van der Waals surface area contributed by atoms with E-state index in [1.54, 1.807) is 11.8 Å². The summed E-state index contributed by atoms with van der Waals surface area (Å²) in [6, 6.07) is 8.24. The first-order valence-corrected chi connectivity index (χ1v) is 12.3. The Bertz CT molecular complexity index is 1350. The number of pyridine rings is 1. The van der Waals surface area contributed by atoms with Crippen molar-refractivity contribution in [1.29, 1.82) is 0 Å². The molecule has 4 aromatic rings. The molecule has 1 amide bonds. The second-order valence-electron chi connectivity index (χ2n) is 8.99. The summed E-state index contributed by atoms with van der Waals surface area (Å²) in [5, 5.41) is 9.51. The number of aromatic nitrogens is 4. The Hall–Kier alpha value is -3.39. The quantitative estimate of drug-likeness (QED) is 0.366. The predicted octanol–water partition coefficient (Wildman–Crippen LogP) is 4.46. The topological polar surface area (TPSA) is 77.2 Å². The maximum absolute atomic E-state index is 12.8. The minimum atomic E-state index is -0.0117. The average molecular weight is 477 g/mol. The molecule has 0 bridgehead atoms. The van der Waals surface area contributed by atoms with E-state index >= 15 is 0 Å². The molecule has 0 saturated heterocycles. The van der Waals surface area contributed by atoms with Crippen LogP contribution in [0.15, 0.2) is 30.5 Å². The fraction of sp³-hybridized carbons (Fsp3) is 0.444. The highest BCUT2D eigenvalue weighted by molar-refractivity contribution is 5.94. The van der Waals surface area contributed by atoms with Crippen LogP contribution in [0.2, 0.25) is 0 Å². The van der Waals surface area contributed by atoms with Crippen molar-refractivity contribution in [2.75, 3.05) is 32.1 Å². The molecule has 0 atom stereocenters. The fourth-order valence-electron chi connectivity index (χ4n) is 4.83. The number of benzene rings is 1. The van der Waals surface area contributed by atoms with E-state index < -0.39 is 0 Å². The lowest BCUT2D eigenvalue weighted by molar-refractivity contribution is -0.116. The molecule has 0 spiro atoms. The Labute approximate surface area is 206 Å². The van der Waals surface area contributed by atoms with Crippen LogP contribution < -0.4 is 10.1 Å². The number of methoxy groups -OCH3 is 1. The van der Waals surface area contributed by atoms with Crippen molar-refractivity contribution in [2.24, 2.45) is 7.05 Å². The van der Waals surface area contributed by atoms with Crippen molar-refractivity contribution < 1.29 is 9.53 Å². The van der Waals surface area contributed by atoms with Gasteiger partial charge in [-0.2, -0.15) is 0 Å². The molecule has 0 radical (unpaired) electrons. The molecule has 8 heteroatoms. The first-order valence-electron chi connectivity index (χ1n) is 12.3. The largest absolute Gasteiger partial charge is 0.479 e. The lowest BCUT2D eigenvalue weighted by atomic mass is 10.00. The van der Waals surface area contributed by atoms with Crippen molar-refractivity contribution in [1.82, 2.24) is 24.2 Å². The zero-order chi connectivity index (χ0) is 25.1. The Morgan fingerprint density at radius 3 is 2.66 bits per heavy atom. The molecule has 4 rings (SSSR count). The van der Waals surface area contributed by atoms with Crippen LogP contribution >= 0.6 is 0 Å². The minimum absolute atomic E-state index is 0.0117. The maximum atomic E-state index is 12.8. The van der Waals surface area contributed by atoms with Crippen molar-refractivity contribution in [3.63, 3.8) is 0 Å². The molecule has 3 heterocycles. The van der Waals surface area contributed by atoms with Crippen LogP contribution in [0.5, 0.6) is 5.88 Å². The molecule has 0 fully saturated rings. The fourth-order valence-corrected chi connectivity index (χ4v) is 4.83. The number of anilines is 1. The first kappa shape index (κ1) is 24.7. The molecule has 0 aliphatic carbocycles. The molecule has 1 N–H and O–H groups in total. The van der Waals surface area contributed by atoms with Crippen LogP contribution in [-0.2, 0) is 24.8 Å². The molecule has 1 aromatic carbocycles. The minimum Gasteiger partial charge on any atom is -0.479 e. The molecule has 186 valence electrons. The van der Waals surface area contributed by atoms with Gasteiger partial charge >= 0.3 is 0 Å². The molecule has 0 unspecified atom stereocenters. The third-order valence-corrected chi connectivity index (χ3v) is 6.92. The second-order valence-corrected chi connectivity index (χ2v) is 8.99. The third kappa shape index (κ3) is 5.03. The Morgan fingerprint density at radius 2 is 1.94 bits per heavy atom. The van der Waals surface area contributed by atoms with Crippen molar-refractivity contribution in [3.05, 3.63) is 47.3 Å². The standard InChI is InChI=1S/C27H36N6O2/c1-7-32(8-2)15-16-33-14-13-20-17-21(9-11-23(20)33)29-24(34)12-10-22-18(3)25-26(28-19(22)4)31(5)30-27(25)35-6/h9,11,13-14,17H,7-8,10,12,15-16H2,1-6H3,(H,29,34). The number of nitrogens with one attached hydrogen (secondary N) is 1. The molecule has 0 aliphatic rings. The summed E-state index contributed by atoms with van der Waals surface area (Å²) < 4.78 is 9.46. The zero-order valence-electron chi connectivity index (χ0n) is 21.7. The summed E-state index contributed by atoms with van der Waals surface area (Å²) in [7, 11) is 3.48. The van der Waals surface area contributed by atoms with Gasteiger partial charge in [0.2, 0.25) is 11.8 Å². The monoisotopic (exact) mass is 476 g/mol. The summed E-state index contributed by atoms with van der Waals surface area (Å²) in [5.41, 5.74) is 5.85. The SMILES string of the molecule is CCN(CC)CCn1ccc2cc(NC(=O)CCc3c(C)nc4c(c(OC)nn4C)c3C)ccc21. The smallest absolute Gasteiger partial charge is 0.242 e. The number of carbonyl (C=O) groups excluding carboxylic acids is 1. The Morgan fingerprint density at radius 1 is 1.17 bits per heavy atom. The van der Waals surface area contributed by atoms with Crippen LogP contribution in [0.1, 0.15) is 37.1 Å². The van der Waals surface area contributed by atoms with Crippen LogP contribution in [-0.4, -0.2) is 56.9 Å². The molecule has 0 aliphatic heterocycles. The summed E-state index contributed by atoms with van der Waals surface area (Å²) >= 11 is 0. The van der Waals surface area contributed by atoms with Crippen molar-refractivity contribution in [2.45, 2.75) is 47.1 Å². The van der Waals surface area contributed by atoms with Gasteiger partial charge in [-0.1, -0.05) is 13.8 Å². The van der Waals surface area contributed by atoms with E-state index in [1.165, 1.54) is 5.52 Å². The lowest BCUT2D eigenvalue weighted by Crippen LogP contribution is -2.26. The van der Waals surface area contributed by atoms with E-state index in [4.69, 9.17) is 9.72 Å². The summed E-state index contributed by atoms with van der Waals surface area (Å²) in [6.07, 6.45) is 3.11. The second kappa shape index (κ2) is 10.5. The third-order valence-electron chi connectivity index (χ3n) is 6.92. The van der Waals surface area contributed by atoms with E-state index in [1.807, 2.05) is 33.0 Å². The number of likely N-dealkylation sites (N-methyl/N-ethyl adjacent to an activating group) is 1. The lowest BCUT2D eigenvalue weighted by Gasteiger charge is -2.18. The van der Waals surface area contributed by atoms with Crippen LogP contribution in [0.4, 0.5) is 5.69 Å². The molecule has 3 aromatic heterocycles. The van der Waals surface area contributed by atoms with Gasteiger partial charge in [0.25, 0.3) is 0 Å². The van der Waals surface area contributed by atoms with Crippen LogP contribution in [0.3, 0.4) is 0 Å². The van der Waals surface area contributed by atoms with Gasteiger partial charge in [0.1, 0.15) is 0 Å². The Balaban J connectivity index is 1.43. The van der Waals surface area contributed by atoms with E-state index in [9.17, 15) is 4.79 Å². The number of aryl methyl sites for hydroxylation is 3. The van der Waals surface area contributed by atoms with Crippen molar-refractivity contribution in [3.8, 4) is 5.88 Å². The number of amides is 1. The average Bonchev–Trinajstić information content (AvgIpc) is 3.39. The van der Waals surface area contributed by atoms with Gasteiger partial charge in [0, 0.05) is 55.0 Å². The van der Waals surface area contributed by atoms with Gasteiger partial charge in [-0.15, -0.1) is 5.10 Å². The van der Waals surface area contributed by atoms with Crippen LogP contribution in [0, 0.1) is 13.8 Å². The highest BCUT2D eigenvalue weighted by atomic mass is 16.5. The highest BCUT2D eigenvalue weighted by Gasteiger charge is 2.18. The summed E-state index contributed by atoms with van der Waals surface area (Å²) in [6.45, 7) is 12.5. The molecule has 8 nitrogen and oxygen atoms in total. The highest BCUT2D eigenvalue weighted by Crippen LogP contribution is 2.30. The summed E-state index contributed by atoms with van der Waals surface area (Å²) in [5.74, 6) is 0.554. The van der Waals surface area contributed by atoms with E-state index in [0.29, 0.717) is 18.7 Å². The molecule has 35 heavy (non-hydrogen) atoms. The number of carbonyl (C=O) groups is 1. The van der Waals surface area contributed by atoms with Gasteiger partial charge < -0.3 is 19.5 Å². The molecular formula is C27H36N6O2. The van der Waals surface area contributed by atoms with Gasteiger partial charge in [-0.05, 0) is 68.8 Å². The molecular weight excluding hydrogens is 440 g/mol. The number of ether oxygens (including phenoxy) is 1. The van der Waals surface area contributed by atoms with E-state index in [0.717, 1.165) is 65.1 Å². The number of fused-ring (bicyclic) bond motifs is 2. The number of nitrogens with zero attached hydrogens (tertiary/aromatic N) is 5. The number of hydrogen-bond donors (Lipinski definition) is 1. The van der Waals surface area contributed by atoms with Gasteiger partial charge in [0.15, 0.2) is 5.65 Å². The number of rotatable bonds is 10. The normalized spacial score (nSPS) is 11.6. The maximum Gasteiger partial charge on any atom is 0.242 e. The first-order chi connectivity index (χ1) is 16.9. The predicted molar refractivity (Wildman–Crippen MR) is 141 cm³/mol. The van der Waals surface area contributed by atoms with Gasteiger partial charge in [0.05, 0.1) is 12.5 Å². The van der Waals surface area contributed by atoms with E-state index in [2.05, 4.69) is 52.1 Å². The van der Waals surface area contributed by atoms with Crippen LogP contribution in [0.25, 0.3) is 21.9 Å². The zero-order valence-corrected chi connectivity index (χ0v) is 21.7. The molecule has 0 saturated carbocycles. The van der Waals surface area contributed by atoms with Gasteiger partial charge in [-0.25, -0.2) is 9.67 Å². The van der Waals surface area contributed by atoms with Crippen molar-refractivity contribution >= 4 is 33.5 Å².